The highest BCUT2D eigenvalue weighted by Gasteiger charge is 2.41. The summed E-state index contributed by atoms with van der Waals surface area (Å²) in [4.78, 5) is 25.8. The Labute approximate surface area is 140 Å². The molecule has 0 amide bonds. The zero-order valence-corrected chi connectivity index (χ0v) is 13.5. The van der Waals surface area contributed by atoms with Gasteiger partial charge in [0.2, 0.25) is 0 Å². The van der Waals surface area contributed by atoms with E-state index >= 15 is 0 Å². The molecular weight excluding hydrogens is 353 g/mol. The molecule has 0 spiro atoms. The Balaban J connectivity index is 1.57. The van der Waals surface area contributed by atoms with Crippen LogP contribution in [0.25, 0.3) is 11.2 Å². The summed E-state index contributed by atoms with van der Waals surface area (Å²) in [5.41, 5.74) is 6.56. The molecule has 1 aliphatic heterocycles. The van der Waals surface area contributed by atoms with E-state index in [9.17, 15) is 14.6 Å². The van der Waals surface area contributed by atoms with Crippen molar-refractivity contribution < 1.29 is 23.8 Å². The Hall–Kier alpha value is -2.37. The van der Waals surface area contributed by atoms with E-state index in [0.29, 0.717) is 11.2 Å². The standard InChI is InChI=1S/C12H14N7O5P/c13-10-9-11(16-4-15-10)19(6-17-9)8-3-7(20)12(23-8)24-25(21,22)18-2-1-14-5-18/h1-2,4-8,12,20H,3H2,(H,21,22)(H2,13,15,16). The molecular formula is C12H14N7O5P. The summed E-state index contributed by atoms with van der Waals surface area (Å²) in [5.74, 6) is 0.218. The van der Waals surface area contributed by atoms with E-state index in [0.717, 1.165) is 10.7 Å². The summed E-state index contributed by atoms with van der Waals surface area (Å²) in [6, 6.07) is 0. The molecule has 3 aromatic heterocycles. The quantitative estimate of drug-likeness (QED) is 0.529. The molecule has 3 aromatic rings. The molecule has 0 aliphatic carbocycles. The van der Waals surface area contributed by atoms with Crippen LogP contribution in [-0.2, 0) is 13.8 Å². The molecule has 4 N–H and O–H groups in total. The van der Waals surface area contributed by atoms with Crippen molar-refractivity contribution in [2.75, 3.05) is 5.73 Å². The first-order valence-corrected chi connectivity index (χ1v) is 8.75. The lowest BCUT2D eigenvalue weighted by atomic mass is 10.2. The Bertz CT molecular complexity index is 945. The van der Waals surface area contributed by atoms with E-state index in [-0.39, 0.29) is 12.2 Å². The van der Waals surface area contributed by atoms with E-state index in [4.69, 9.17) is 15.0 Å². The second-order valence-electron chi connectivity index (χ2n) is 5.38. The molecule has 4 heterocycles. The van der Waals surface area contributed by atoms with Gasteiger partial charge in [0.25, 0.3) is 0 Å². The van der Waals surface area contributed by atoms with Gasteiger partial charge >= 0.3 is 7.75 Å². The predicted molar refractivity (Wildman–Crippen MR) is 82.8 cm³/mol. The van der Waals surface area contributed by atoms with Gasteiger partial charge < -0.3 is 20.5 Å². The Kier molecular flexibility index (Phi) is 3.78. The lowest BCUT2D eigenvalue weighted by Gasteiger charge is -2.19. The molecule has 1 aliphatic rings. The summed E-state index contributed by atoms with van der Waals surface area (Å²) >= 11 is 0. The van der Waals surface area contributed by atoms with Gasteiger partial charge in [0.05, 0.1) is 6.33 Å². The van der Waals surface area contributed by atoms with E-state index in [2.05, 4.69) is 19.9 Å². The van der Waals surface area contributed by atoms with Gasteiger partial charge in [-0.15, -0.1) is 0 Å². The van der Waals surface area contributed by atoms with Crippen LogP contribution in [-0.4, -0.2) is 51.2 Å². The first-order chi connectivity index (χ1) is 12.0. The molecule has 1 fully saturated rings. The second kappa shape index (κ2) is 5.86. The van der Waals surface area contributed by atoms with Crippen molar-refractivity contribution in [3.05, 3.63) is 31.4 Å². The van der Waals surface area contributed by atoms with E-state index in [1.165, 1.54) is 25.0 Å². The fourth-order valence-electron chi connectivity index (χ4n) is 2.57. The van der Waals surface area contributed by atoms with Gasteiger partial charge in [-0.2, -0.15) is 0 Å². The van der Waals surface area contributed by atoms with Gasteiger partial charge in [-0.1, -0.05) is 0 Å². The minimum absolute atomic E-state index is 0.115. The number of aromatic nitrogens is 6. The fourth-order valence-corrected chi connectivity index (χ4v) is 3.55. The van der Waals surface area contributed by atoms with Crippen molar-refractivity contribution in [2.24, 2.45) is 0 Å². The SMILES string of the molecule is Nc1ncnc2c1ncn2C1CC(O)C(OP(=O)(O)n2ccnc2)O1. The number of nitrogens with zero attached hydrogens (tertiary/aromatic N) is 6. The molecule has 25 heavy (non-hydrogen) atoms. The highest BCUT2D eigenvalue weighted by atomic mass is 31.2. The van der Waals surface area contributed by atoms with Crippen LogP contribution >= 0.6 is 7.75 Å². The summed E-state index contributed by atoms with van der Waals surface area (Å²) in [6.07, 6.45) is 3.49. The molecule has 0 saturated carbocycles. The fraction of sp³-hybridized carbons (Fsp3) is 0.333. The normalized spacial score (nSPS) is 26.1. The first-order valence-electron chi connectivity index (χ1n) is 7.22. The molecule has 0 aromatic carbocycles. The highest BCUT2D eigenvalue weighted by Crippen LogP contribution is 2.47. The summed E-state index contributed by atoms with van der Waals surface area (Å²) < 4.78 is 25.4. The van der Waals surface area contributed by atoms with Crippen molar-refractivity contribution in [2.45, 2.75) is 25.0 Å². The van der Waals surface area contributed by atoms with Gasteiger partial charge in [0, 0.05) is 18.8 Å². The number of fused-ring (bicyclic) bond motifs is 1. The zero-order valence-electron chi connectivity index (χ0n) is 12.7. The minimum Gasteiger partial charge on any atom is -0.388 e. The third-order valence-corrected chi connectivity index (χ3v) is 5.07. The Morgan fingerprint density at radius 3 is 2.96 bits per heavy atom. The van der Waals surface area contributed by atoms with Crippen molar-refractivity contribution >= 4 is 24.7 Å². The third-order valence-electron chi connectivity index (χ3n) is 3.77. The summed E-state index contributed by atoms with van der Waals surface area (Å²) in [7, 11) is -4.24. The van der Waals surface area contributed by atoms with Crippen LogP contribution in [0.4, 0.5) is 5.82 Å². The number of aliphatic hydroxyl groups excluding tert-OH is 1. The molecule has 132 valence electrons. The number of imidazole rings is 2. The summed E-state index contributed by atoms with van der Waals surface area (Å²) in [6.45, 7) is 0. The van der Waals surface area contributed by atoms with Gasteiger partial charge in [-0.05, 0) is 0 Å². The Morgan fingerprint density at radius 1 is 1.36 bits per heavy atom. The lowest BCUT2D eigenvalue weighted by Crippen LogP contribution is -2.24. The largest absolute Gasteiger partial charge is 0.439 e. The number of hydrogen-bond acceptors (Lipinski definition) is 9. The highest BCUT2D eigenvalue weighted by molar-refractivity contribution is 7.51. The molecule has 12 nitrogen and oxygen atoms in total. The zero-order chi connectivity index (χ0) is 17.6. The number of nitrogen functional groups attached to an aromatic ring is 1. The number of hydrogen-bond donors (Lipinski definition) is 3. The molecule has 13 heteroatoms. The number of rotatable bonds is 4. The predicted octanol–water partition coefficient (Wildman–Crippen LogP) is -0.124. The summed E-state index contributed by atoms with van der Waals surface area (Å²) in [5, 5.41) is 10.1. The maximum atomic E-state index is 12.2. The molecule has 1 saturated heterocycles. The monoisotopic (exact) mass is 367 g/mol. The number of ether oxygens (including phenoxy) is 1. The number of anilines is 1. The van der Waals surface area contributed by atoms with Crippen molar-refractivity contribution in [3.8, 4) is 0 Å². The van der Waals surface area contributed by atoms with Gasteiger partial charge in [0.1, 0.15) is 30.5 Å². The first kappa shape index (κ1) is 16.1. The third kappa shape index (κ3) is 2.79. The van der Waals surface area contributed by atoms with Crippen molar-refractivity contribution in [1.82, 2.24) is 28.8 Å². The number of nitrogens with two attached hydrogens (primary N) is 1. The van der Waals surface area contributed by atoms with Gasteiger partial charge in [-0.25, -0.2) is 28.8 Å². The van der Waals surface area contributed by atoms with Crippen LogP contribution in [0.3, 0.4) is 0 Å². The lowest BCUT2D eigenvalue weighted by molar-refractivity contribution is -0.128. The van der Waals surface area contributed by atoms with Crippen LogP contribution in [0.15, 0.2) is 31.4 Å². The maximum absolute atomic E-state index is 12.2. The van der Waals surface area contributed by atoms with Gasteiger partial charge in [-0.3, -0.25) is 9.09 Å². The van der Waals surface area contributed by atoms with E-state index in [1.54, 1.807) is 4.57 Å². The van der Waals surface area contributed by atoms with E-state index < -0.39 is 26.4 Å². The second-order valence-corrected chi connectivity index (χ2v) is 7.04. The average molecular weight is 367 g/mol. The van der Waals surface area contributed by atoms with Crippen LogP contribution in [0.1, 0.15) is 12.6 Å². The molecule has 4 rings (SSSR count). The number of aliphatic hydroxyl groups is 1. The van der Waals surface area contributed by atoms with Gasteiger partial charge in [0.15, 0.2) is 17.8 Å². The van der Waals surface area contributed by atoms with Crippen LogP contribution in [0.2, 0.25) is 0 Å². The smallest absolute Gasteiger partial charge is 0.388 e. The van der Waals surface area contributed by atoms with E-state index in [1.807, 2.05) is 0 Å². The van der Waals surface area contributed by atoms with Crippen LogP contribution < -0.4 is 5.73 Å². The minimum atomic E-state index is -4.24. The van der Waals surface area contributed by atoms with Crippen molar-refractivity contribution in [3.63, 3.8) is 0 Å². The average Bonchev–Trinajstić information content (AvgIpc) is 3.28. The molecule has 4 unspecified atom stereocenters. The Morgan fingerprint density at radius 2 is 2.20 bits per heavy atom. The topological polar surface area (TPSA) is 163 Å². The van der Waals surface area contributed by atoms with Crippen LogP contribution in [0, 0.1) is 0 Å². The maximum Gasteiger partial charge on any atom is 0.439 e. The molecule has 4 atom stereocenters. The van der Waals surface area contributed by atoms with Crippen molar-refractivity contribution in [1.29, 1.82) is 0 Å². The molecule has 0 radical (unpaired) electrons. The molecule has 0 bridgehead atoms. The van der Waals surface area contributed by atoms with Crippen LogP contribution in [0.5, 0.6) is 0 Å².